The third kappa shape index (κ3) is 3.53. The highest BCUT2D eigenvalue weighted by Gasteiger charge is 2.45. The van der Waals surface area contributed by atoms with E-state index < -0.39 is 5.79 Å². The molecular weight excluding hydrogens is 426 g/mol. The van der Waals surface area contributed by atoms with E-state index in [2.05, 4.69) is 58.9 Å². The van der Waals surface area contributed by atoms with E-state index in [9.17, 15) is 9.90 Å². The highest BCUT2D eigenvalue weighted by molar-refractivity contribution is 6.21. The number of aliphatic hydroxyl groups is 1. The van der Waals surface area contributed by atoms with Crippen LogP contribution in [-0.4, -0.2) is 29.1 Å². The van der Waals surface area contributed by atoms with Crippen LogP contribution >= 0.6 is 0 Å². The molecule has 5 heteroatoms. The molecule has 178 valence electrons. The maximum absolute atomic E-state index is 12.4. The Morgan fingerprint density at radius 1 is 0.912 bits per heavy atom. The van der Waals surface area contributed by atoms with Gasteiger partial charge in [0.05, 0.1) is 18.8 Å². The lowest BCUT2D eigenvalue weighted by Gasteiger charge is -2.39. The maximum atomic E-state index is 12.4. The molecule has 0 bridgehead atoms. The van der Waals surface area contributed by atoms with Gasteiger partial charge in [0.2, 0.25) is 5.79 Å². The number of aliphatic hydroxyl groups excluding tert-OH is 1. The van der Waals surface area contributed by atoms with Crippen molar-refractivity contribution in [1.82, 2.24) is 4.98 Å². The van der Waals surface area contributed by atoms with E-state index in [1.54, 1.807) is 6.20 Å². The number of pyridine rings is 1. The van der Waals surface area contributed by atoms with Crippen molar-refractivity contribution in [3.63, 3.8) is 0 Å². The molecule has 0 radical (unpaired) electrons. The number of benzene rings is 1. The Morgan fingerprint density at radius 2 is 1.56 bits per heavy atom. The van der Waals surface area contributed by atoms with Gasteiger partial charge in [0, 0.05) is 41.0 Å². The fourth-order valence-corrected chi connectivity index (χ4v) is 5.47. The summed E-state index contributed by atoms with van der Waals surface area (Å²) in [6, 6.07) is 8.20. The first-order valence-corrected chi connectivity index (χ1v) is 12.1. The lowest BCUT2D eigenvalue weighted by atomic mass is 9.67. The molecule has 0 saturated carbocycles. The minimum Gasteiger partial charge on any atom is -0.512 e. The third-order valence-corrected chi connectivity index (χ3v) is 7.49. The third-order valence-electron chi connectivity index (χ3n) is 7.49. The first-order valence-electron chi connectivity index (χ1n) is 12.1. The molecule has 34 heavy (non-hydrogen) atoms. The van der Waals surface area contributed by atoms with Crippen LogP contribution in [0.25, 0.3) is 5.57 Å². The number of allylic oxidation sites excluding steroid dienone is 4. The first-order chi connectivity index (χ1) is 16.1. The molecule has 2 heterocycles. The molecule has 1 N–H and O–H groups in total. The van der Waals surface area contributed by atoms with Crippen LogP contribution in [0.2, 0.25) is 0 Å². The fraction of sp³-hybridized carbons (Fsp3) is 0.448. The van der Waals surface area contributed by atoms with Gasteiger partial charge in [-0.3, -0.25) is 9.78 Å². The van der Waals surface area contributed by atoms with Crippen molar-refractivity contribution < 1.29 is 19.4 Å². The van der Waals surface area contributed by atoms with E-state index >= 15 is 0 Å². The Labute approximate surface area is 201 Å². The van der Waals surface area contributed by atoms with Crippen LogP contribution in [0, 0.1) is 6.92 Å². The summed E-state index contributed by atoms with van der Waals surface area (Å²) in [5.74, 6) is -0.992. The van der Waals surface area contributed by atoms with E-state index in [0.29, 0.717) is 49.3 Å². The Hall–Kier alpha value is -2.76. The molecule has 1 fully saturated rings. The predicted octanol–water partition coefficient (Wildman–Crippen LogP) is 5.79. The summed E-state index contributed by atoms with van der Waals surface area (Å²) in [7, 11) is 0. The van der Waals surface area contributed by atoms with Gasteiger partial charge < -0.3 is 14.6 Å². The van der Waals surface area contributed by atoms with Crippen molar-refractivity contribution in [2.24, 2.45) is 0 Å². The molecule has 1 aliphatic heterocycles. The van der Waals surface area contributed by atoms with Crippen LogP contribution in [0.3, 0.4) is 0 Å². The van der Waals surface area contributed by atoms with Crippen molar-refractivity contribution in [1.29, 1.82) is 0 Å². The van der Waals surface area contributed by atoms with Crippen LogP contribution in [0.1, 0.15) is 80.5 Å². The summed E-state index contributed by atoms with van der Waals surface area (Å²) in [5, 5.41) is 10.3. The van der Waals surface area contributed by atoms with E-state index in [-0.39, 0.29) is 22.4 Å². The standard InChI is InChI=1S/C29H33NO4/c1-18-15-21-22(28(4,5)12-11-27(21,2)3)16-20(18)29(33-13-14-34-29)25-10-9-19(17-30-25)26-23(31)7-6-8-24(26)32/h9-12,15-17,31H,6-8,13-14H2,1-5H3. The number of Topliss-reactive ketones (excluding diaryl/α,β-unsaturated/α-hetero) is 1. The largest absolute Gasteiger partial charge is 0.512 e. The van der Waals surface area contributed by atoms with Crippen molar-refractivity contribution in [2.75, 3.05) is 13.2 Å². The molecular formula is C29H33NO4. The smallest absolute Gasteiger partial charge is 0.240 e. The summed E-state index contributed by atoms with van der Waals surface area (Å²) < 4.78 is 12.6. The zero-order valence-electron chi connectivity index (χ0n) is 20.7. The zero-order valence-corrected chi connectivity index (χ0v) is 20.7. The molecule has 1 aromatic heterocycles. The van der Waals surface area contributed by atoms with E-state index in [0.717, 1.165) is 11.1 Å². The summed E-state index contributed by atoms with van der Waals surface area (Å²) in [4.78, 5) is 17.1. The van der Waals surface area contributed by atoms with Gasteiger partial charge in [-0.15, -0.1) is 0 Å². The van der Waals surface area contributed by atoms with Crippen molar-refractivity contribution in [3.8, 4) is 0 Å². The number of aryl methyl sites for hydroxylation is 1. The molecule has 0 amide bonds. The van der Waals surface area contributed by atoms with Crippen LogP contribution in [0.4, 0.5) is 0 Å². The number of ether oxygens (including phenoxy) is 2. The molecule has 1 aromatic carbocycles. The highest BCUT2D eigenvalue weighted by atomic mass is 16.7. The molecule has 0 unspecified atom stereocenters. The van der Waals surface area contributed by atoms with Crippen molar-refractivity contribution in [2.45, 2.75) is 70.5 Å². The van der Waals surface area contributed by atoms with Crippen LogP contribution in [0.15, 0.2) is 48.4 Å². The minimum absolute atomic E-state index is 0.0372. The molecule has 0 spiro atoms. The van der Waals surface area contributed by atoms with E-state index in [4.69, 9.17) is 14.5 Å². The normalized spacial score (nSPS) is 22.7. The number of carbonyl (C=O) groups excluding carboxylic acids is 1. The number of hydrogen-bond acceptors (Lipinski definition) is 5. The van der Waals surface area contributed by atoms with Gasteiger partial charge in [-0.25, -0.2) is 0 Å². The monoisotopic (exact) mass is 459 g/mol. The lowest BCUT2D eigenvalue weighted by Crippen LogP contribution is -2.34. The number of carbonyl (C=O) groups is 1. The Morgan fingerprint density at radius 3 is 2.15 bits per heavy atom. The van der Waals surface area contributed by atoms with E-state index in [1.165, 1.54) is 11.1 Å². The van der Waals surface area contributed by atoms with Crippen molar-refractivity contribution >= 4 is 11.4 Å². The quantitative estimate of drug-likeness (QED) is 0.589. The second-order valence-corrected chi connectivity index (χ2v) is 10.8. The number of rotatable bonds is 3. The lowest BCUT2D eigenvalue weighted by molar-refractivity contribution is -0.133. The Balaban J connectivity index is 1.62. The van der Waals surface area contributed by atoms with Gasteiger partial charge in [0.1, 0.15) is 11.5 Å². The highest BCUT2D eigenvalue weighted by Crippen LogP contribution is 2.46. The van der Waals surface area contributed by atoms with Gasteiger partial charge in [0.25, 0.3) is 0 Å². The summed E-state index contributed by atoms with van der Waals surface area (Å²) >= 11 is 0. The maximum Gasteiger partial charge on any atom is 0.240 e. The van der Waals surface area contributed by atoms with Gasteiger partial charge in [0.15, 0.2) is 5.78 Å². The van der Waals surface area contributed by atoms with Gasteiger partial charge in [-0.2, -0.15) is 0 Å². The molecule has 0 atom stereocenters. The molecule has 5 rings (SSSR count). The van der Waals surface area contributed by atoms with Crippen LogP contribution in [-0.2, 0) is 30.9 Å². The summed E-state index contributed by atoms with van der Waals surface area (Å²) in [6.07, 6.45) is 7.89. The first kappa shape index (κ1) is 23.0. The minimum atomic E-state index is -1.11. The van der Waals surface area contributed by atoms with E-state index in [1.807, 2.05) is 12.1 Å². The van der Waals surface area contributed by atoms with Crippen molar-refractivity contribution in [3.05, 3.63) is 81.9 Å². The van der Waals surface area contributed by atoms with Gasteiger partial charge in [-0.05, 0) is 42.2 Å². The molecule has 3 aliphatic rings. The predicted molar refractivity (Wildman–Crippen MR) is 132 cm³/mol. The molecule has 5 nitrogen and oxygen atoms in total. The number of fused-ring (bicyclic) bond motifs is 1. The molecule has 1 saturated heterocycles. The zero-order chi connectivity index (χ0) is 24.3. The Bertz CT molecular complexity index is 1210. The second kappa shape index (κ2) is 7.89. The van der Waals surface area contributed by atoms with Gasteiger partial charge >= 0.3 is 0 Å². The average molecular weight is 460 g/mol. The molecule has 2 aromatic rings. The fourth-order valence-electron chi connectivity index (χ4n) is 5.47. The average Bonchev–Trinajstić information content (AvgIpc) is 3.28. The Kier molecular flexibility index (Phi) is 5.34. The number of aromatic nitrogens is 1. The number of hydrogen-bond donors (Lipinski definition) is 1. The topological polar surface area (TPSA) is 68.7 Å². The van der Waals surface area contributed by atoms with Crippen LogP contribution in [0.5, 0.6) is 0 Å². The van der Waals surface area contributed by atoms with Crippen LogP contribution < -0.4 is 0 Å². The summed E-state index contributed by atoms with van der Waals surface area (Å²) in [5.41, 5.74) is 6.12. The summed E-state index contributed by atoms with van der Waals surface area (Å²) in [6.45, 7) is 12.0. The SMILES string of the molecule is Cc1cc2c(cc1C1(c3ccc(C4=C(O)CCCC4=O)cn3)OCCO1)C(C)(C)C=CC2(C)C. The molecule has 2 aliphatic carbocycles. The number of nitrogens with zero attached hydrogens (tertiary/aromatic N) is 1. The second-order valence-electron chi connectivity index (χ2n) is 10.8. The number of ketones is 1. The van der Waals surface area contributed by atoms with Gasteiger partial charge in [-0.1, -0.05) is 52.0 Å².